The number of nitrogens with zero attached hydrogens (tertiary/aromatic N) is 2. The van der Waals surface area contributed by atoms with Crippen molar-refractivity contribution in [2.75, 3.05) is 13.2 Å². The van der Waals surface area contributed by atoms with E-state index in [-0.39, 0.29) is 0 Å². The van der Waals surface area contributed by atoms with Gasteiger partial charge in [-0.3, -0.25) is 0 Å². The number of para-hydroxylation sites is 2. The topological polar surface area (TPSA) is 47.0 Å². The molecule has 4 heteroatoms. The second kappa shape index (κ2) is 5.31. The lowest BCUT2D eigenvalue weighted by Crippen LogP contribution is -2.38. The highest BCUT2D eigenvalue weighted by Crippen LogP contribution is 2.14. The normalized spacial score (nSPS) is 19.9. The van der Waals surface area contributed by atoms with E-state index in [1.54, 1.807) is 6.20 Å². The smallest absolute Gasteiger partial charge is 0.232 e. The molecule has 0 radical (unpaired) electrons. The van der Waals surface area contributed by atoms with Gasteiger partial charge < -0.3 is 10.1 Å². The van der Waals surface area contributed by atoms with Gasteiger partial charge in [-0.2, -0.15) is 0 Å². The van der Waals surface area contributed by atoms with Crippen LogP contribution < -0.4 is 10.1 Å². The van der Waals surface area contributed by atoms with Crippen LogP contribution in [-0.2, 0) is 0 Å². The maximum atomic E-state index is 5.72. The predicted octanol–water partition coefficient (Wildman–Crippen LogP) is 2.15. The van der Waals surface area contributed by atoms with E-state index in [4.69, 9.17) is 4.74 Å². The minimum Gasteiger partial charge on any atom is -0.475 e. The number of nitrogens with one attached hydrogen (secondary N) is 1. The Labute approximate surface area is 106 Å². The van der Waals surface area contributed by atoms with Crippen LogP contribution in [0.1, 0.15) is 19.3 Å². The van der Waals surface area contributed by atoms with Crippen LogP contribution in [0.15, 0.2) is 30.5 Å². The zero-order valence-corrected chi connectivity index (χ0v) is 10.3. The van der Waals surface area contributed by atoms with Gasteiger partial charge in [0.1, 0.15) is 6.61 Å². The van der Waals surface area contributed by atoms with E-state index in [1.807, 2.05) is 24.3 Å². The Kier molecular flexibility index (Phi) is 3.37. The fourth-order valence-electron chi connectivity index (χ4n) is 2.26. The number of fused-ring (bicyclic) bond motifs is 1. The van der Waals surface area contributed by atoms with E-state index in [0.29, 0.717) is 18.5 Å². The summed E-state index contributed by atoms with van der Waals surface area (Å²) in [7, 11) is 0. The van der Waals surface area contributed by atoms with Crippen molar-refractivity contribution in [3.63, 3.8) is 0 Å². The summed E-state index contributed by atoms with van der Waals surface area (Å²) in [6, 6.07) is 8.28. The molecule has 0 saturated carbocycles. The van der Waals surface area contributed by atoms with Crippen molar-refractivity contribution in [2.45, 2.75) is 25.3 Å². The summed E-state index contributed by atoms with van der Waals surface area (Å²) in [6.07, 6.45) is 5.43. The van der Waals surface area contributed by atoms with Gasteiger partial charge in [-0.25, -0.2) is 9.97 Å². The van der Waals surface area contributed by atoms with Crippen molar-refractivity contribution < 1.29 is 4.74 Å². The zero-order chi connectivity index (χ0) is 12.2. The Morgan fingerprint density at radius 3 is 2.94 bits per heavy atom. The van der Waals surface area contributed by atoms with Gasteiger partial charge >= 0.3 is 0 Å². The molecule has 0 unspecified atom stereocenters. The first-order chi connectivity index (χ1) is 8.92. The van der Waals surface area contributed by atoms with Crippen LogP contribution in [0.3, 0.4) is 0 Å². The highest BCUT2D eigenvalue weighted by Gasteiger charge is 2.13. The Morgan fingerprint density at radius 1 is 1.22 bits per heavy atom. The van der Waals surface area contributed by atoms with Crippen LogP contribution in [-0.4, -0.2) is 29.2 Å². The Bertz CT molecular complexity index is 523. The van der Waals surface area contributed by atoms with Crippen molar-refractivity contribution in [3.8, 4) is 5.88 Å². The summed E-state index contributed by atoms with van der Waals surface area (Å²) >= 11 is 0. The molecular weight excluding hydrogens is 226 g/mol. The van der Waals surface area contributed by atoms with Gasteiger partial charge in [-0.05, 0) is 31.5 Å². The van der Waals surface area contributed by atoms with Crippen molar-refractivity contribution >= 4 is 11.0 Å². The number of hydrogen-bond acceptors (Lipinski definition) is 4. The van der Waals surface area contributed by atoms with Crippen LogP contribution in [0, 0.1) is 0 Å². The van der Waals surface area contributed by atoms with E-state index < -0.39 is 0 Å². The summed E-state index contributed by atoms with van der Waals surface area (Å²) in [4.78, 5) is 8.78. The molecule has 1 fully saturated rings. The zero-order valence-electron chi connectivity index (χ0n) is 10.3. The molecule has 94 valence electrons. The molecule has 0 bridgehead atoms. The average molecular weight is 243 g/mol. The van der Waals surface area contributed by atoms with Crippen LogP contribution in [0.25, 0.3) is 11.0 Å². The third-order valence-electron chi connectivity index (χ3n) is 3.27. The van der Waals surface area contributed by atoms with Crippen molar-refractivity contribution in [1.29, 1.82) is 0 Å². The number of aromatic nitrogens is 2. The van der Waals surface area contributed by atoms with Crippen molar-refractivity contribution in [1.82, 2.24) is 15.3 Å². The maximum absolute atomic E-state index is 5.72. The third-order valence-corrected chi connectivity index (χ3v) is 3.27. The van der Waals surface area contributed by atoms with E-state index >= 15 is 0 Å². The third kappa shape index (κ3) is 2.59. The molecule has 18 heavy (non-hydrogen) atoms. The average Bonchev–Trinajstić information content (AvgIpc) is 2.46. The fraction of sp³-hybridized carbons (Fsp3) is 0.429. The van der Waals surface area contributed by atoms with E-state index in [2.05, 4.69) is 15.3 Å². The largest absolute Gasteiger partial charge is 0.475 e. The molecule has 1 aromatic heterocycles. The summed E-state index contributed by atoms with van der Waals surface area (Å²) in [5.74, 6) is 0.612. The Balaban J connectivity index is 1.66. The Hall–Kier alpha value is -1.68. The Morgan fingerprint density at radius 2 is 2.11 bits per heavy atom. The van der Waals surface area contributed by atoms with Gasteiger partial charge in [0, 0.05) is 6.04 Å². The van der Waals surface area contributed by atoms with Gasteiger partial charge in [-0.1, -0.05) is 18.6 Å². The number of piperidine rings is 1. The quantitative estimate of drug-likeness (QED) is 0.897. The van der Waals surface area contributed by atoms with Crippen LogP contribution >= 0.6 is 0 Å². The molecule has 2 heterocycles. The van der Waals surface area contributed by atoms with E-state index in [9.17, 15) is 0 Å². The standard InChI is InChI=1S/C14H17N3O/c1-2-7-13-12(6-1)16-9-14(17-13)18-10-11-5-3-4-8-15-11/h1-2,6-7,9,11,15H,3-5,8,10H2/t11-/m1/s1. The molecule has 1 N–H and O–H groups in total. The molecule has 2 aromatic rings. The van der Waals surface area contributed by atoms with Gasteiger partial charge in [0.25, 0.3) is 0 Å². The van der Waals surface area contributed by atoms with Crippen LogP contribution in [0.2, 0.25) is 0 Å². The maximum Gasteiger partial charge on any atom is 0.232 e. The monoisotopic (exact) mass is 243 g/mol. The minimum absolute atomic E-state index is 0.451. The molecule has 1 aliphatic rings. The summed E-state index contributed by atoms with van der Waals surface area (Å²) < 4.78 is 5.72. The number of rotatable bonds is 3. The molecule has 1 atom stereocenters. The van der Waals surface area contributed by atoms with Crippen molar-refractivity contribution in [3.05, 3.63) is 30.5 Å². The molecule has 1 aliphatic heterocycles. The van der Waals surface area contributed by atoms with Gasteiger partial charge in [0.2, 0.25) is 5.88 Å². The first-order valence-corrected chi connectivity index (χ1v) is 6.50. The lowest BCUT2D eigenvalue weighted by atomic mass is 10.1. The number of benzene rings is 1. The van der Waals surface area contributed by atoms with Crippen LogP contribution in [0.5, 0.6) is 5.88 Å². The highest BCUT2D eigenvalue weighted by atomic mass is 16.5. The summed E-state index contributed by atoms with van der Waals surface area (Å²) in [5.41, 5.74) is 1.78. The molecule has 0 aliphatic carbocycles. The van der Waals surface area contributed by atoms with E-state index in [1.165, 1.54) is 19.3 Å². The van der Waals surface area contributed by atoms with E-state index in [0.717, 1.165) is 17.6 Å². The van der Waals surface area contributed by atoms with Crippen LogP contribution in [0.4, 0.5) is 0 Å². The fourth-order valence-corrected chi connectivity index (χ4v) is 2.26. The van der Waals surface area contributed by atoms with Gasteiger partial charge in [0.15, 0.2) is 0 Å². The molecule has 3 rings (SSSR count). The van der Waals surface area contributed by atoms with Gasteiger partial charge in [0.05, 0.1) is 17.2 Å². The number of ether oxygens (including phenoxy) is 1. The molecule has 0 spiro atoms. The number of hydrogen-bond donors (Lipinski definition) is 1. The molecule has 0 amide bonds. The minimum atomic E-state index is 0.451. The lowest BCUT2D eigenvalue weighted by Gasteiger charge is -2.23. The second-order valence-corrected chi connectivity index (χ2v) is 4.65. The molecular formula is C14H17N3O. The van der Waals surface area contributed by atoms with Gasteiger partial charge in [-0.15, -0.1) is 0 Å². The predicted molar refractivity (Wildman–Crippen MR) is 70.7 cm³/mol. The molecule has 4 nitrogen and oxygen atoms in total. The summed E-state index contributed by atoms with van der Waals surface area (Å²) in [5, 5.41) is 3.45. The highest BCUT2D eigenvalue weighted by molar-refractivity contribution is 5.73. The summed E-state index contributed by atoms with van der Waals surface area (Å²) in [6.45, 7) is 1.77. The SMILES string of the molecule is c1ccc2nc(OC[C@H]3CCCCN3)cnc2c1. The lowest BCUT2D eigenvalue weighted by molar-refractivity contribution is 0.232. The van der Waals surface area contributed by atoms with Crippen molar-refractivity contribution in [2.24, 2.45) is 0 Å². The first kappa shape index (κ1) is 11.4. The molecule has 1 saturated heterocycles. The first-order valence-electron chi connectivity index (χ1n) is 6.50. The molecule has 1 aromatic carbocycles. The second-order valence-electron chi connectivity index (χ2n) is 4.65.